The van der Waals surface area contributed by atoms with Gasteiger partial charge in [-0.2, -0.15) is 0 Å². The van der Waals surface area contributed by atoms with Crippen LogP contribution >= 0.6 is 23.2 Å². The van der Waals surface area contributed by atoms with Crippen molar-refractivity contribution in [3.63, 3.8) is 0 Å². The largest absolute Gasteiger partial charge is 0.455 e. The molecule has 0 bridgehead atoms. The van der Waals surface area contributed by atoms with Crippen molar-refractivity contribution in [1.29, 1.82) is 0 Å². The maximum absolute atomic E-state index is 13.2. The van der Waals surface area contributed by atoms with Crippen LogP contribution in [0.15, 0.2) is 30.3 Å². The number of carbonyl (C=O) groups is 3. The number of carbonyl (C=O) groups excluding carboxylic acids is 3. The zero-order chi connectivity index (χ0) is 29.9. The van der Waals surface area contributed by atoms with Crippen LogP contribution in [-0.4, -0.2) is 83.5 Å². The highest BCUT2D eigenvalue weighted by atomic mass is 35.5. The Kier molecular flexibility index (Phi) is 9.72. The summed E-state index contributed by atoms with van der Waals surface area (Å²) in [6.45, 7) is 12.8. The number of rotatable bonds is 4. The maximum atomic E-state index is 13.2. The van der Waals surface area contributed by atoms with Gasteiger partial charge in [0.1, 0.15) is 11.4 Å². The first-order valence-corrected chi connectivity index (χ1v) is 14.6. The number of hydrogen-bond donors (Lipinski definition) is 1. The van der Waals surface area contributed by atoms with Crippen LogP contribution in [-0.2, 0) is 14.3 Å². The van der Waals surface area contributed by atoms with Gasteiger partial charge in [0.25, 0.3) is 0 Å². The van der Waals surface area contributed by atoms with Crippen molar-refractivity contribution >= 4 is 46.8 Å². The Morgan fingerprint density at radius 3 is 2.20 bits per heavy atom. The number of piperazine rings is 1. The highest BCUT2D eigenvalue weighted by Crippen LogP contribution is 2.36. The molecule has 2 heterocycles. The first-order valence-electron chi connectivity index (χ1n) is 13.9. The smallest absolute Gasteiger partial charge is 0.410 e. The fourth-order valence-electron chi connectivity index (χ4n) is 5.21. The third-order valence-electron chi connectivity index (χ3n) is 7.19. The van der Waals surface area contributed by atoms with E-state index >= 15 is 0 Å². The summed E-state index contributed by atoms with van der Waals surface area (Å²) in [6.07, 6.45) is 1.40. The van der Waals surface area contributed by atoms with Gasteiger partial charge in [0.2, 0.25) is 0 Å². The van der Waals surface area contributed by atoms with Crippen LogP contribution in [0.5, 0.6) is 11.5 Å². The minimum atomic E-state index is -0.753. The predicted molar refractivity (Wildman–Crippen MR) is 160 cm³/mol. The molecule has 1 N–H and O–H groups in total. The second-order valence-electron chi connectivity index (χ2n) is 11.6. The fraction of sp³-hybridized carbons (Fsp3) is 0.500. The quantitative estimate of drug-likeness (QED) is 0.438. The van der Waals surface area contributed by atoms with Crippen molar-refractivity contribution in [3.05, 3.63) is 51.5 Å². The summed E-state index contributed by atoms with van der Waals surface area (Å²) >= 11 is 12.4. The average molecular weight is 606 g/mol. The first kappa shape index (κ1) is 30.9. The minimum Gasteiger partial charge on any atom is -0.455 e. The van der Waals surface area contributed by atoms with E-state index in [-0.39, 0.29) is 12.1 Å². The van der Waals surface area contributed by atoms with Crippen molar-refractivity contribution < 1.29 is 23.9 Å². The lowest BCUT2D eigenvalue weighted by molar-refractivity contribution is -0.144. The molecule has 11 heteroatoms. The molecule has 41 heavy (non-hydrogen) atoms. The molecule has 2 aliphatic rings. The molecule has 3 amide bonds. The van der Waals surface area contributed by atoms with Crippen molar-refractivity contribution in [1.82, 2.24) is 14.7 Å². The van der Waals surface area contributed by atoms with Crippen LogP contribution in [0.2, 0.25) is 10.0 Å². The molecule has 2 saturated heterocycles. The lowest BCUT2D eigenvalue weighted by Crippen LogP contribution is -2.57. The average Bonchev–Trinajstić information content (AvgIpc) is 2.90. The molecule has 0 aliphatic carbocycles. The van der Waals surface area contributed by atoms with E-state index in [2.05, 4.69) is 10.2 Å². The lowest BCUT2D eigenvalue weighted by atomic mass is 10.0. The summed E-state index contributed by atoms with van der Waals surface area (Å²) in [6, 6.07) is 8.59. The molecule has 4 rings (SSSR count). The Hall–Kier alpha value is -3.01. The number of nitrogens with one attached hydrogen (secondary N) is 1. The maximum Gasteiger partial charge on any atom is 0.410 e. The van der Waals surface area contributed by atoms with Crippen molar-refractivity contribution in [2.24, 2.45) is 0 Å². The molecule has 0 aromatic heterocycles. The normalized spacial score (nSPS) is 18.2. The second-order valence-corrected chi connectivity index (χ2v) is 12.5. The Labute approximate surface area is 251 Å². The standard InChI is InChI=1S/C30H38Cl2N4O5/c1-19-15-22(32)16-20(2)26(19)40-25-9-8-21(31)17-24(25)33-27(37)28(38)36-10-6-7-23(18-36)34-11-13-35(14-12-34)29(39)41-30(3,4)5/h8-9,15-17,23H,6-7,10-14,18H2,1-5H3,(H,33,37). The molecule has 2 fully saturated rings. The third-order valence-corrected chi connectivity index (χ3v) is 7.64. The zero-order valence-corrected chi connectivity index (χ0v) is 25.8. The number of ether oxygens (including phenoxy) is 2. The van der Waals surface area contributed by atoms with Crippen LogP contribution in [0.25, 0.3) is 0 Å². The lowest BCUT2D eigenvalue weighted by Gasteiger charge is -2.43. The monoisotopic (exact) mass is 604 g/mol. The van der Waals surface area contributed by atoms with E-state index in [0.29, 0.717) is 66.5 Å². The Morgan fingerprint density at radius 2 is 1.56 bits per heavy atom. The molecule has 9 nitrogen and oxygen atoms in total. The molecule has 222 valence electrons. The predicted octanol–water partition coefficient (Wildman–Crippen LogP) is 5.88. The molecule has 1 atom stereocenters. The molecule has 0 radical (unpaired) electrons. The Balaban J connectivity index is 1.38. The van der Waals surface area contributed by atoms with Gasteiger partial charge >= 0.3 is 17.9 Å². The topological polar surface area (TPSA) is 91.4 Å². The van der Waals surface area contributed by atoms with Gasteiger partial charge in [-0.15, -0.1) is 0 Å². The summed E-state index contributed by atoms with van der Waals surface area (Å²) in [7, 11) is 0. The number of benzene rings is 2. The summed E-state index contributed by atoms with van der Waals surface area (Å²) in [5.41, 5.74) is 1.44. The molecule has 1 unspecified atom stereocenters. The van der Waals surface area contributed by atoms with Crippen LogP contribution in [0, 0.1) is 13.8 Å². The number of piperidine rings is 1. The van der Waals surface area contributed by atoms with Crippen LogP contribution < -0.4 is 10.1 Å². The number of anilines is 1. The molecule has 2 aromatic carbocycles. The molecule has 0 saturated carbocycles. The number of halogens is 2. The number of amides is 3. The number of hydrogen-bond acceptors (Lipinski definition) is 6. The van der Waals surface area contributed by atoms with Crippen molar-refractivity contribution in [2.45, 2.75) is 59.1 Å². The molecule has 2 aromatic rings. The fourth-order valence-corrected chi connectivity index (χ4v) is 5.71. The molecule has 2 aliphatic heterocycles. The third kappa shape index (κ3) is 8.05. The van der Waals surface area contributed by atoms with Crippen molar-refractivity contribution in [2.75, 3.05) is 44.6 Å². The zero-order valence-electron chi connectivity index (χ0n) is 24.3. The van der Waals surface area contributed by atoms with E-state index in [1.54, 1.807) is 40.1 Å². The molecular formula is C30H38Cl2N4O5. The van der Waals surface area contributed by atoms with Crippen LogP contribution in [0.1, 0.15) is 44.7 Å². The summed E-state index contributed by atoms with van der Waals surface area (Å²) in [4.78, 5) is 44.4. The van der Waals surface area contributed by atoms with E-state index < -0.39 is 17.4 Å². The number of nitrogens with zero attached hydrogens (tertiary/aromatic N) is 3. The van der Waals surface area contributed by atoms with Gasteiger partial charge in [0, 0.05) is 55.4 Å². The van der Waals surface area contributed by atoms with Gasteiger partial charge < -0.3 is 24.6 Å². The van der Waals surface area contributed by atoms with Gasteiger partial charge in [0.15, 0.2) is 5.75 Å². The highest BCUT2D eigenvalue weighted by Gasteiger charge is 2.34. The second kappa shape index (κ2) is 12.9. The number of aryl methyl sites for hydroxylation is 2. The summed E-state index contributed by atoms with van der Waals surface area (Å²) in [5.74, 6) is -0.378. The van der Waals surface area contributed by atoms with Crippen LogP contribution in [0.3, 0.4) is 0 Å². The van der Waals surface area contributed by atoms with E-state index in [0.717, 1.165) is 24.0 Å². The number of likely N-dealkylation sites (tertiary alicyclic amines) is 1. The van der Waals surface area contributed by atoms with Gasteiger partial charge in [-0.1, -0.05) is 23.2 Å². The van der Waals surface area contributed by atoms with Gasteiger partial charge in [0.05, 0.1) is 5.69 Å². The van der Waals surface area contributed by atoms with Crippen molar-refractivity contribution in [3.8, 4) is 11.5 Å². The summed E-state index contributed by atoms with van der Waals surface area (Å²) < 4.78 is 11.7. The van der Waals surface area contributed by atoms with Gasteiger partial charge in [-0.25, -0.2) is 4.79 Å². The van der Waals surface area contributed by atoms with Gasteiger partial charge in [-0.05, 0) is 88.9 Å². The van der Waals surface area contributed by atoms with E-state index in [9.17, 15) is 14.4 Å². The Bertz CT molecular complexity index is 1280. The van der Waals surface area contributed by atoms with Crippen LogP contribution in [0.4, 0.5) is 10.5 Å². The summed E-state index contributed by atoms with van der Waals surface area (Å²) in [5, 5.41) is 3.71. The minimum absolute atomic E-state index is 0.113. The molecular weight excluding hydrogens is 567 g/mol. The van der Waals surface area contributed by atoms with E-state index in [1.807, 2.05) is 34.6 Å². The van der Waals surface area contributed by atoms with Gasteiger partial charge in [-0.3, -0.25) is 14.5 Å². The SMILES string of the molecule is Cc1cc(Cl)cc(C)c1Oc1ccc(Cl)cc1NC(=O)C(=O)N1CCCC(N2CCN(C(=O)OC(C)(C)C)CC2)C1. The Morgan fingerprint density at radius 1 is 0.902 bits per heavy atom. The first-order chi connectivity index (χ1) is 19.3. The van der Waals surface area contributed by atoms with E-state index in [1.165, 1.54) is 0 Å². The highest BCUT2D eigenvalue weighted by molar-refractivity contribution is 6.40. The van der Waals surface area contributed by atoms with E-state index in [4.69, 9.17) is 32.7 Å². The molecule has 0 spiro atoms.